The highest BCUT2D eigenvalue weighted by Crippen LogP contribution is 2.29. The Morgan fingerprint density at radius 1 is 1.40 bits per heavy atom. The van der Waals surface area contributed by atoms with Gasteiger partial charge in [0.05, 0.1) is 0 Å². The third-order valence-electron chi connectivity index (χ3n) is 1.42. The van der Waals surface area contributed by atoms with Gasteiger partial charge in [0, 0.05) is 17.8 Å². The third-order valence-corrected chi connectivity index (χ3v) is 1.54. The number of halogens is 4. The van der Waals surface area contributed by atoms with Crippen molar-refractivity contribution in [3.05, 3.63) is 23.5 Å². The van der Waals surface area contributed by atoms with Crippen molar-refractivity contribution in [3.63, 3.8) is 0 Å². The summed E-state index contributed by atoms with van der Waals surface area (Å²) in [5, 5.41) is 0. The SMILES string of the molecule is Cc1cc(OC(F)(F)P)cc(C(F)F)n1. The van der Waals surface area contributed by atoms with Gasteiger partial charge < -0.3 is 4.74 Å². The predicted octanol–water partition coefficient (Wildman–Crippen LogP) is 3.13. The minimum absolute atomic E-state index is 0.192. The molecule has 1 heterocycles. The maximum absolute atomic E-state index is 12.4. The number of nitrogens with zero attached hydrogens (tertiary/aromatic N) is 1. The Hall–Kier alpha value is -0.900. The van der Waals surface area contributed by atoms with Gasteiger partial charge in [0.25, 0.3) is 6.43 Å². The smallest absolute Gasteiger partial charge is 0.408 e. The second-order valence-corrected chi connectivity index (χ2v) is 3.51. The van der Waals surface area contributed by atoms with Crippen molar-refractivity contribution in [3.8, 4) is 5.75 Å². The van der Waals surface area contributed by atoms with Gasteiger partial charge in [-0.3, -0.25) is 4.98 Å². The van der Waals surface area contributed by atoms with Crippen LogP contribution in [0.25, 0.3) is 0 Å². The molecule has 1 rings (SSSR count). The van der Waals surface area contributed by atoms with Gasteiger partial charge in [-0.25, -0.2) is 8.78 Å². The number of aromatic nitrogens is 1. The molecule has 1 aromatic heterocycles. The first-order chi connectivity index (χ1) is 6.78. The first kappa shape index (κ1) is 12.2. The van der Waals surface area contributed by atoms with Gasteiger partial charge >= 0.3 is 5.85 Å². The van der Waals surface area contributed by atoms with Crippen LogP contribution in [0, 0.1) is 6.92 Å². The van der Waals surface area contributed by atoms with Crippen LogP contribution in [-0.2, 0) is 0 Å². The van der Waals surface area contributed by atoms with Gasteiger partial charge in [0.2, 0.25) is 0 Å². The van der Waals surface area contributed by atoms with Crippen molar-refractivity contribution in [2.24, 2.45) is 0 Å². The molecule has 15 heavy (non-hydrogen) atoms. The van der Waals surface area contributed by atoms with E-state index in [1.54, 1.807) is 0 Å². The lowest BCUT2D eigenvalue weighted by Crippen LogP contribution is -2.15. The molecule has 1 unspecified atom stereocenters. The molecule has 0 spiro atoms. The standard InChI is InChI=1S/C8H8F4NOP/c1-4-2-5(14-8(11,12)15)3-6(13-4)7(9)10/h2-3,7H,15H2,1H3. The summed E-state index contributed by atoms with van der Waals surface area (Å²) in [5.41, 5.74) is -0.392. The number of rotatable bonds is 3. The van der Waals surface area contributed by atoms with Gasteiger partial charge in [0.1, 0.15) is 11.4 Å². The molecule has 0 amide bonds. The predicted molar refractivity (Wildman–Crippen MR) is 49.2 cm³/mol. The lowest BCUT2D eigenvalue weighted by Gasteiger charge is -2.13. The van der Waals surface area contributed by atoms with E-state index in [1.165, 1.54) is 6.92 Å². The summed E-state index contributed by atoms with van der Waals surface area (Å²) >= 11 is 0. The van der Waals surface area contributed by atoms with Gasteiger partial charge in [-0.05, 0) is 16.2 Å². The van der Waals surface area contributed by atoms with Crippen LogP contribution in [0.5, 0.6) is 5.75 Å². The zero-order valence-electron chi connectivity index (χ0n) is 7.68. The van der Waals surface area contributed by atoms with Crippen molar-refractivity contribution in [2.45, 2.75) is 19.2 Å². The Bertz CT molecular complexity index is 353. The molecule has 0 aliphatic heterocycles. The molecule has 84 valence electrons. The molecule has 0 aliphatic rings. The van der Waals surface area contributed by atoms with E-state index in [2.05, 4.69) is 9.72 Å². The minimum Gasteiger partial charge on any atom is -0.430 e. The zero-order chi connectivity index (χ0) is 11.6. The molecule has 0 N–H and O–H groups in total. The fourth-order valence-electron chi connectivity index (χ4n) is 0.989. The molecule has 0 radical (unpaired) electrons. The van der Waals surface area contributed by atoms with Crippen LogP contribution in [-0.4, -0.2) is 10.8 Å². The number of ether oxygens (including phenoxy) is 1. The van der Waals surface area contributed by atoms with Crippen LogP contribution in [0.1, 0.15) is 17.8 Å². The van der Waals surface area contributed by atoms with E-state index in [4.69, 9.17) is 0 Å². The molecule has 7 heteroatoms. The monoisotopic (exact) mass is 241 g/mol. The maximum Gasteiger partial charge on any atom is 0.408 e. The molecule has 0 saturated carbocycles. The summed E-state index contributed by atoms with van der Waals surface area (Å²) in [7, 11) is 1.16. The van der Waals surface area contributed by atoms with Crippen molar-refractivity contribution in [1.29, 1.82) is 0 Å². The highest BCUT2D eigenvalue weighted by Gasteiger charge is 2.24. The van der Waals surface area contributed by atoms with Crippen molar-refractivity contribution in [1.82, 2.24) is 4.98 Å². The van der Waals surface area contributed by atoms with Crippen molar-refractivity contribution < 1.29 is 22.3 Å². The second kappa shape index (κ2) is 4.31. The number of hydrogen-bond donors (Lipinski definition) is 0. The van der Waals surface area contributed by atoms with Crippen LogP contribution in [0.4, 0.5) is 17.6 Å². The summed E-state index contributed by atoms with van der Waals surface area (Å²) in [4.78, 5) is 3.48. The van der Waals surface area contributed by atoms with E-state index in [1.807, 2.05) is 0 Å². The van der Waals surface area contributed by atoms with Crippen molar-refractivity contribution in [2.75, 3.05) is 0 Å². The van der Waals surface area contributed by atoms with Crippen LogP contribution < -0.4 is 4.74 Å². The van der Waals surface area contributed by atoms with E-state index >= 15 is 0 Å². The van der Waals surface area contributed by atoms with Crippen LogP contribution in [0.3, 0.4) is 0 Å². The fourth-order valence-corrected chi connectivity index (χ4v) is 1.13. The summed E-state index contributed by atoms with van der Waals surface area (Å²) < 4.78 is 53.4. The van der Waals surface area contributed by atoms with Gasteiger partial charge in [0.15, 0.2) is 0 Å². The van der Waals surface area contributed by atoms with Crippen LogP contribution in [0.15, 0.2) is 12.1 Å². The first-order valence-corrected chi connectivity index (χ1v) is 4.48. The van der Waals surface area contributed by atoms with E-state index in [0.29, 0.717) is 0 Å². The molecule has 1 atom stereocenters. The Kier molecular flexibility index (Phi) is 3.50. The molecule has 0 fully saturated rings. The quantitative estimate of drug-likeness (QED) is 0.599. The zero-order valence-corrected chi connectivity index (χ0v) is 8.83. The summed E-state index contributed by atoms with van der Waals surface area (Å²) in [6, 6.07) is 1.94. The lowest BCUT2D eigenvalue weighted by atomic mass is 10.3. The average Bonchev–Trinajstić information content (AvgIpc) is 1.99. The summed E-state index contributed by atoms with van der Waals surface area (Å²) in [5.74, 6) is -3.81. The number of hydrogen-bond acceptors (Lipinski definition) is 2. The Morgan fingerprint density at radius 2 is 2.00 bits per heavy atom. The molecular weight excluding hydrogens is 233 g/mol. The van der Waals surface area contributed by atoms with E-state index in [-0.39, 0.29) is 11.4 Å². The Labute approximate surface area is 85.9 Å². The van der Waals surface area contributed by atoms with Gasteiger partial charge in [-0.2, -0.15) is 8.78 Å². The van der Waals surface area contributed by atoms with Gasteiger partial charge in [-0.15, -0.1) is 0 Å². The highest BCUT2D eigenvalue weighted by molar-refractivity contribution is 7.17. The highest BCUT2D eigenvalue weighted by atomic mass is 31.0. The largest absolute Gasteiger partial charge is 0.430 e. The Balaban J connectivity index is 2.99. The second-order valence-electron chi connectivity index (χ2n) is 2.83. The van der Waals surface area contributed by atoms with Gasteiger partial charge in [-0.1, -0.05) is 0 Å². The molecule has 0 aliphatic carbocycles. The first-order valence-electron chi connectivity index (χ1n) is 3.90. The van der Waals surface area contributed by atoms with Crippen LogP contribution >= 0.6 is 9.24 Å². The molecule has 0 bridgehead atoms. The molecular formula is C8H8F4NOP. The van der Waals surface area contributed by atoms with E-state index in [0.717, 1.165) is 21.4 Å². The molecule has 1 aromatic rings. The molecule has 0 aromatic carbocycles. The number of alkyl halides is 4. The summed E-state index contributed by atoms with van der Waals surface area (Å²) in [6.45, 7) is 1.42. The minimum atomic E-state index is -3.48. The number of pyridine rings is 1. The third kappa shape index (κ3) is 4.00. The van der Waals surface area contributed by atoms with E-state index < -0.39 is 18.0 Å². The van der Waals surface area contributed by atoms with Crippen molar-refractivity contribution >= 4 is 9.24 Å². The summed E-state index contributed by atoms with van der Waals surface area (Å²) in [6.07, 6.45) is -2.81. The normalized spacial score (nSPS) is 11.9. The Morgan fingerprint density at radius 3 is 2.47 bits per heavy atom. The lowest BCUT2D eigenvalue weighted by molar-refractivity contribution is -0.0894. The van der Waals surface area contributed by atoms with E-state index in [9.17, 15) is 17.6 Å². The molecule has 2 nitrogen and oxygen atoms in total. The molecule has 0 saturated heterocycles. The van der Waals surface area contributed by atoms with Crippen LogP contribution in [0.2, 0.25) is 0 Å². The topological polar surface area (TPSA) is 22.1 Å². The number of aryl methyl sites for hydroxylation is 1. The maximum atomic E-state index is 12.4. The average molecular weight is 241 g/mol. The fraction of sp³-hybridized carbons (Fsp3) is 0.375.